The molecule has 2 saturated heterocycles. The van der Waals surface area contributed by atoms with Gasteiger partial charge in [-0.25, -0.2) is 9.89 Å². The van der Waals surface area contributed by atoms with Crippen LogP contribution in [-0.4, -0.2) is 39.4 Å². The molecular formula is C27H28F6N4O2. The highest BCUT2D eigenvalue weighted by atomic mass is 19.4. The molecule has 4 atom stereocenters. The first-order chi connectivity index (χ1) is 18.3. The Kier molecular flexibility index (Phi) is 6.91. The van der Waals surface area contributed by atoms with Gasteiger partial charge in [0.1, 0.15) is 6.33 Å². The van der Waals surface area contributed by atoms with Crippen molar-refractivity contribution in [3.63, 3.8) is 0 Å². The predicted octanol–water partition coefficient (Wildman–Crippen LogP) is 5.87. The lowest BCUT2D eigenvalue weighted by Gasteiger charge is -2.57. The Bertz CT molecular complexity index is 1340. The van der Waals surface area contributed by atoms with Gasteiger partial charge in [-0.05, 0) is 68.5 Å². The van der Waals surface area contributed by atoms with Gasteiger partial charge in [0.25, 0.3) is 0 Å². The highest BCUT2D eigenvalue weighted by Gasteiger charge is 2.52. The van der Waals surface area contributed by atoms with Gasteiger partial charge in [-0.2, -0.15) is 31.4 Å². The average Bonchev–Trinajstić information content (AvgIpc) is 3.34. The summed E-state index contributed by atoms with van der Waals surface area (Å²) in [5.74, 6) is 0. The first-order valence-electron chi connectivity index (χ1n) is 12.7. The fourth-order valence-corrected chi connectivity index (χ4v) is 6.08. The number of nitrogens with zero attached hydrogens (tertiary/aromatic N) is 3. The van der Waals surface area contributed by atoms with Crippen LogP contribution in [0.2, 0.25) is 0 Å². The lowest BCUT2D eigenvalue weighted by molar-refractivity contribution is -0.143. The molecule has 1 aromatic heterocycles. The van der Waals surface area contributed by atoms with Crippen LogP contribution in [0.1, 0.15) is 61.0 Å². The number of aromatic amines is 1. The normalized spacial score (nSPS) is 26.4. The first-order valence-corrected chi connectivity index (χ1v) is 12.7. The molecule has 2 aliphatic rings. The van der Waals surface area contributed by atoms with E-state index in [4.69, 9.17) is 4.74 Å². The van der Waals surface area contributed by atoms with Crippen molar-refractivity contribution < 1.29 is 31.1 Å². The smallest absolute Gasteiger partial charge is 0.372 e. The van der Waals surface area contributed by atoms with Crippen LogP contribution < -0.4 is 5.69 Å². The lowest BCUT2D eigenvalue weighted by Crippen LogP contribution is -2.64. The molecule has 0 saturated carbocycles. The van der Waals surface area contributed by atoms with E-state index in [9.17, 15) is 31.1 Å². The third-order valence-corrected chi connectivity index (χ3v) is 8.19. The average molecular weight is 555 g/mol. The molecule has 12 heteroatoms. The van der Waals surface area contributed by atoms with E-state index >= 15 is 0 Å². The molecule has 2 fully saturated rings. The number of benzene rings is 2. The minimum absolute atomic E-state index is 0.0478. The van der Waals surface area contributed by atoms with Gasteiger partial charge in [0.2, 0.25) is 0 Å². The van der Waals surface area contributed by atoms with Crippen molar-refractivity contribution in [2.24, 2.45) is 0 Å². The summed E-state index contributed by atoms with van der Waals surface area (Å²) in [6, 6.07) is 11.1. The van der Waals surface area contributed by atoms with Crippen molar-refractivity contribution >= 4 is 0 Å². The zero-order valence-electron chi connectivity index (χ0n) is 21.1. The molecule has 2 aliphatic heterocycles. The number of rotatable bonds is 6. The van der Waals surface area contributed by atoms with E-state index in [0.717, 1.165) is 18.4 Å². The minimum Gasteiger partial charge on any atom is -0.372 e. The summed E-state index contributed by atoms with van der Waals surface area (Å²) < 4.78 is 88.4. The molecule has 0 radical (unpaired) electrons. The molecule has 3 heterocycles. The highest BCUT2D eigenvalue weighted by Crippen LogP contribution is 2.48. The number of halogens is 6. The molecule has 210 valence electrons. The zero-order chi connectivity index (χ0) is 28.1. The standard InChI is InChI=1S/C27H28F6N4O2/c1-18(19-12-21(26(28,29)30)14-22(13-19)27(31,32)33)39-16-25(20-6-3-2-4-7-20)10-9-24(8-5-11-36(25)15-24)37-17-34-35-23(37)38/h2-4,6-7,12-14,17-18H,5,8-11,15-16H2,1H3,(H,35,38)/t18-,24+,25-/m1/s1. The van der Waals surface area contributed by atoms with Gasteiger partial charge in [0.05, 0.1) is 34.9 Å². The van der Waals surface area contributed by atoms with Crippen LogP contribution in [0.3, 0.4) is 0 Å². The second-order valence-corrected chi connectivity index (χ2v) is 10.5. The molecule has 1 unspecified atom stereocenters. The summed E-state index contributed by atoms with van der Waals surface area (Å²) in [6.45, 7) is 2.73. The van der Waals surface area contributed by atoms with Crippen LogP contribution in [0.15, 0.2) is 59.7 Å². The largest absolute Gasteiger partial charge is 0.416 e. The van der Waals surface area contributed by atoms with E-state index in [0.29, 0.717) is 38.1 Å². The molecule has 39 heavy (non-hydrogen) atoms. The van der Waals surface area contributed by atoms with Crippen LogP contribution in [0.5, 0.6) is 0 Å². The maximum Gasteiger partial charge on any atom is 0.416 e. The zero-order valence-corrected chi connectivity index (χ0v) is 21.1. The van der Waals surface area contributed by atoms with Crippen LogP contribution in [0.25, 0.3) is 0 Å². The van der Waals surface area contributed by atoms with Crippen molar-refractivity contribution in [1.29, 1.82) is 0 Å². The second-order valence-electron chi connectivity index (χ2n) is 10.5. The van der Waals surface area contributed by atoms with Gasteiger partial charge in [-0.1, -0.05) is 30.3 Å². The molecule has 0 amide bonds. The Morgan fingerprint density at radius 1 is 1.00 bits per heavy atom. The van der Waals surface area contributed by atoms with Gasteiger partial charge >= 0.3 is 18.0 Å². The maximum atomic E-state index is 13.4. The number of hydrogen-bond acceptors (Lipinski definition) is 4. The maximum absolute atomic E-state index is 13.4. The topological polar surface area (TPSA) is 63.2 Å². The number of piperidine rings is 2. The highest BCUT2D eigenvalue weighted by molar-refractivity contribution is 5.35. The molecule has 1 N–H and O–H groups in total. The fraction of sp³-hybridized carbons (Fsp3) is 0.481. The molecule has 2 aromatic carbocycles. The Morgan fingerprint density at radius 3 is 2.26 bits per heavy atom. The summed E-state index contributed by atoms with van der Waals surface area (Å²) in [5, 5.41) is 6.36. The van der Waals surface area contributed by atoms with Crippen molar-refractivity contribution in [2.75, 3.05) is 19.7 Å². The Balaban J connectivity index is 1.47. The SMILES string of the molecule is C[C@@H](OC[C@@]1(c2ccccc2)CC[C@@]2(n3cn[nH]c3=O)CCCN1C2)c1cc(C(F)(F)F)cc(C(F)(F)F)c1. The van der Waals surface area contributed by atoms with E-state index in [2.05, 4.69) is 15.1 Å². The molecule has 0 aliphatic carbocycles. The monoisotopic (exact) mass is 554 g/mol. The summed E-state index contributed by atoms with van der Waals surface area (Å²) in [7, 11) is 0. The third-order valence-electron chi connectivity index (χ3n) is 8.19. The van der Waals surface area contributed by atoms with Gasteiger partial charge < -0.3 is 4.74 Å². The van der Waals surface area contributed by atoms with Crippen LogP contribution >= 0.6 is 0 Å². The van der Waals surface area contributed by atoms with Gasteiger partial charge in [-0.15, -0.1) is 0 Å². The lowest BCUT2D eigenvalue weighted by atomic mass is 9.70. The van der Waals surface area contributed by atoms with Crippen molar-refractivity contribution in [1.82, 2.24) is 19.7 Å². The van der Waals surface area contributed by atoms with Crippen LogP contribution in [0, 0.1) is 0 Å². The van der Waals surface area contributed by atoms with Crippen molar-refractivity contribution in [2.45, 2.75) is 62.1 Å². The number of hydrogen-bond donors (Lipinski definition) is 1. The van der Waals surface area contributed by atoms with E-state index in [-0.39, 0.29) is 23.9 Å². The van der Waals surface area contributed by atoms with Gasteiger partial charge in [0.15, 0.2) is 0 Å². The van der Waals surface area contributed by atoms with E-state index in [1.54, 1.807) is 4.57 Å². The summed E-state index contributed by atoms with van der Waals surface area (Å²) in [5.41, 5.74) is -3.44. The number of ether oxygens (including phenoxy) is 1. The van der Waals surface area contributed by atoms with Gasteiger partial charge in [0, 0.05) is 6.54 Å². The van der Waals surface area contributed by atoms with Crippen molar-refractivity contribution in [3.05, 3.63) is 87.6 Å². The number of fused-ring (bicyclic) bond motifs is 2. The molecule has 0 spiro atoms. The first kappa shape index (κ1) is 27.4. The Labute approximate surface area is 220 Å². The predicted molar refractivity (Wildman–Crippen MR) is 130 cm³/mol. The Morgan fingerprint density at radius 2 is 1.67 bits per heavy atom. The molecule has 5 rings (SSSR count). The number of nitrogens with one attached hydrogen (secondary N) is 1. The van der Waals surface area contributed by atoms with Crippen molar-refractivity contribution in [3.8, 4) is 0 Å². The van der Waals surface area contributed by atoms with Crippen LogP contribution in [-0.2, 0) is 28.2 Å². The summed E-state index contributed by atoms with van der Waals surface area (Å²) in [6.07, 6.45) is -6.64. The number of alkyl halides is 6. The molecular weight excluding hydrogens is 526 g/mol. The summed E-state index contributed by atoms with van der Waals surface area (Å²) in [4.78, 5) is 14.7. The Hall–Kier alpha value is -3.12. The number of H-pyrrole nitrogens is 1. The minimum atomic E-state index is -4.94. The second kappa shape index (κ2) is 9.81. The molecule has 3 aromatic rings. The van der Waals surface area contributed by atoms with E-state index in [1.807, 2.05) is 30.3 Å². The molecule has 2 bridgehead atoms. The van der Waals surface area contributed by atoms with Crippen LogP contribution in [0.4, 0.5) is 26.3 Å². The number of aromatic nitrogens is 3. The summed E-state index contributed by atoms with van der Waals surface area (Å²) >= 11 is 0. The van der Waals surface area contributed by atoms with E-state index in [1.165, 1.54) is 13.3 Å². The quantitative estimate of drug-likeness (QED) is 0.388. The van der Waals surface area contributed by atoms with E-state index < -0.39 is 40.7 Å². The third kappa shape index (κ3) is 5.11. The van der Waals surface area contributed by atoms with Gasteiger partial charge in [-0.3, -0.25) is 9.47 Å². The molecule has 6 nitrogen and oxygen atoms in total. The fourth-order valence-electron chi connectivity index (χ4n) is 6.08.